The molecule has 0 radical (unpaired) electrons. The lowest BCUT2D eigenvalue weighted by Crippen LogP contribution is -2.17. The topological polar surface area (TPSA) is 66.8 Å². The molecule has 3 aliphatic rings. The molecule has 13 aromatic rings. The van der Waals surface area contributed by atoms with Crippen LogP contribution in [0.5, 0.6) is 0 Å². The molecule has 0 amide bonds. The van der Waals surface area contributed by atoms with Gasteiger partial charge in [-0.1, -0.05) is 169 Å². The van der Waals surface area contributed by atoms with Gasteiger partial charge in [0.15, 0.2) is 0 Å². The van der Waals surface area contributed by atoms with Gasteiger partial charge < -0.3 is 20.6 Å². The van der Waals surface area contributed by atoms with Gasteiger partial charge in [0.25, 0.3) is 0 Å². The van der Waals surface area contributed by atoms with E-state index in [9.17, 15) is 0 Å². The number of anilines is 1. The van der Waals surface area contributed by atoms with Crippen LogP contribution in [0.25, 0.3) is 116 Å². The summed E-state index contributed by atoms with van der Waals surface area (Å²) in [7, 11) is 0. The second-order valence-electron chi connectivity index (χ2n) is 23.3. The second kappa shape index (κ2) is 14.6. The third kappa shape index (κ3) is 5.39. The summed E-state index contributed by atoms with van der Waals surface area (Å²) in [6.45, 7) is 14.2. The Balaban J connectivity index is 1.03. The van der Waals surface area contributed by atoms with Crippen molar-refractivity contribution in [1.29, 1.82) is 0 Å². The van der Waals surface area contributed by atoms with Crippen LogP contribution < -0.4 is 11.5 Å². The summed E-state index contributed by atoms with van der Waals surface area (Å²) in [6.07, 6.45) is 0. The molecule has 0 fully saturated rings. The fourth-order valence-corrected chi connectivity index (χ4v) is 14.6. The zero-order valence-corrected chi connectivity index (χ0v) is 43.5. The normalized spacial score (nSPS) is 15.6. The smallest absolute Gasteiger partial charge is 0.133 e. The van der Waals surface area contributed by atoms with Crippen LogP contribution in [0, 0.1) is 0 Å². The van der Waals surface area contributed by atoms with E-state index < -0.39 is 0 Å². The Labute approximate surface area is 441 Å². The maximum atomic E-state index is 8.26. The lowest BCUT2D eigenvalue weighted by Gasteiger charge is -2.24. The first-order chi connectivity index (χ1) is 36.8. The lowest BCUT2D eigenvalue weighted by atomic mass is 9.82. The minimum Gasteiger partial charge on any atom is -0.398 e. The molecular formula is C71H55N5. The SMILES string of the molecule is CC1(C)c2ccccc2-c2cc3c4ccccc4n(/C(N)=C(/c4cc(-n5c6ccccc6c6cc7c(cc65)C(C)(C)c5ccccc5-7)ccc4N)n4c5ccccc5c5cc6c(cc54)C(C)(C)c4ccccc4-6)c3cc21. The fraction of sp³-hybridized carbons (Fsp3) is 0.127. The lowest BCUT2D eigenvalue weighted by molar-refractivity contribution is 0.661. The predicted octanol–water partition coefficient (Wildman–Crippen LogP) is 17.3. The molecule has 0 saturated heterocycles. The fourth-order valence-electron chi connectivity index (χ4n) is 14.6. The summed E-state index contributed by atoms with van der Waals surface area (Å²) in [6, 6.07) is 74.3. The minimum absolute atomic E-state index is 0.175. The number of nitrogen functional groups attached to an aromatic ring is 1. The number of hydrogen-bond donors (Lipinski definition) is 2. The van der Waals surface area contributed by atoms with E-state index in [2.05, 4.69) is 255 Å². The average Bonchev–Trinajstić information content (AvgIpc) is 4.31. The van der Waals surface area contributed by atoms with Crippen molar-refractivity contribution in [3.63, 3.8) is 0 Å². The van der Waals surface area contributed by atoms with Crippen molar-refractivity contribution >= 4 is 82.6 Å². The molecule has 3 aliphatic carbocycles. The number of nitrogens with two attached hydrogens (primary N) is 2. The monoisotopic (exact) mass is 977 g/mol. The van der Waals surface area contributed by atoms with E-state index in [1.165, 1.54) is 82.9 Å². The molecule has 10 aromatic carbocycles. The van der Waals surface area contributed by atoms with Crippen LogP contribution in [0.3, 0.4) is 0 Å². The summed E-state index contributed by atoms with van der Waals surface area (Å²) in [4.78, 5) is 0. The van der Waals surface area contributed by atoms with Crippen molar-refractivity contribution in [2.24, 2.45) is 5.73 Å². The second-order valence-corrected chi connectivity index (χ2v) is 23.3. The zero-order valence-electron chi connectivity index (χ0n) is 43.5. The molecule has 0 saturated carbocycles. The van der Waals surface area contributed by atoms with Crippen molar-refractivity contribution in [1.82, 2.24) is 13.7 Å². The number of hydrogen-bond acceptors (Lipinski definition) is 2. The molecule has 4 N–H and O–H groups in total. The van der Waals surface area contributed by atoms with Gasteiger partial charge >= 0.3 is 0 Å². The highest BCUT2D eigenvalue weighted by atomic mass is 15.1. The third-order valence-electron chi connectivity index (χ3n) is 18.4. The van der Waals surface area contributed by atoms with Crippen LogP contribution in [0.4, 0.5) is 5.69 Å². The highest BCUT2D eigenvalue weighted by molar-refractivity contribution is 6.17. The van der Waals surface area contributed by atoms with E-state index in [0.29, 0.717) is 11.5 Å². The summed E-state index contributed by atoms with van der Waals surface area (Å²) >= 11 is 0. The molecule has 0 aliphatic heterocycles. The van der Waals surface area contributed by atoms with Crippen LogP contribution >= 0.6 is 0 Å². The largest absolute Gasteiger partial charge is 0.398 e. The molecule has 0 unspecified atom stereocenters. The van der Waals surface area contributed by atoms with Crippen molar-refractivity contribution in [2.45, 2.75) is 57.8 Å². The number of nitrogens with zero attached hydrogens (tertiary/aromatic N) is 3. The molecule has 0 atom stereocenters. The molecule has 76 heavy (non-hydrogen) atoms. The van der Waals surface area contributed by atoms with Gasteiger partial charge in [-0.25, -0.2) is 0 Å². The van der Waals surface area contributed by atoms with E-state index in [1.54, 1.807) is 0 Å². The van der Waals surface area contributed by atoms with Crippen LogP contribution in [-0.2, 0) is 16.2 Å². The number of fused-ring (bicyclic) bond motifs is 18. The Morgan fingerprint density at radius 2 is 0.711 bits per heavy atom. The van der Waals surface area contributed by atoms with E-state index in [-0.39, 0.29) is 16.2 Å². The number of rotatable bonds is 4. The van der Waals surface area contributed by atoms with E-state index in [1.807, 2.05) is 0 Å². The van der Waals surface area contributed by atoms with Crippen LogP contribution in [0.2, 0.25) is 0 Å². The van der Waals surface area contributed by atoms with Gasteiger partial charge in [0, 0.05) is 65.5 Å². The first kappa shape index (κ1) is 43.4. The van der Waals surface area contributed by atoms with Gasteiger partial charge in [0.1, 0.15) is 5.82 Å². The van der Waals surface area contributed by atoms with Gasteiger partial charge in [0.05, 0.1) is 38.8 Å². The molecule has 0 bridgehead atoms. The molecule has 3 aromatic heterocycles. The van der Waals surface area contributed by atoms with Gasteiger partial charge in [-0.3, -0.25) is 4.57 Å². The highest BCUT2D eigenvalue weighted by Gasteiger charge is 2.40. The molecule has 5 heteroatoms. The summed E-state index contributed by atoms with van der Waals surface area (Å²) < 4.78 is 7.20. The Hall–Kier alpha value is -9.06. The Morgan fingerprint density at radius 3 is 1.21 bits per heavy atom. The van der Waals surface area contributed by atoms with Gasteiger partial charge in [-0.15, -0.1) is 0 Å². The van der Waals surface area contributed by atoms with E-state index in [4.69, 9.17) is 11.5 Å². The summed E-state index contributed by atoms with van der Waals surface area (Å²) in [5.41, 5.74) is 40.8. The highest BCUT2D eigenvalue weighted by Crippen LogP contribution is 2.55. The van der Waals surface area contributed by atoms with Crippen molar-refractivity contribution in [3.05, 3.63) is 239 Å². The molecule has 0 spiro atoms. The minimum atomic E-state index is -0.236. The van der Waals surface area contributed by atoms with Crippen molar-refractivity contribution < 1.29 is 0 Å². The molecule has 364 valence electrons. The number of aromatic nitrogens is 3. The van der Waals surface area contributed by atoms with Gasteiger partial charge in [0.2, 0.25) is 0 Å². The van der Waals surface area contributed by atoms with Crippen LogP contribution in [-0.4, -0.2) is 13.7 Å². The van der Waals surface area contributed by atoms with Gasteiger partial charge in [-0.05, 0) is 140 Å². The van der Waals surface area contributed by atoms with Gasteiger partial charge in [-0.2, -0.15) is 0 Å². The molecule has 5 nitrogen and oxygen atoms in total. The quantitative estimate of drug-likeness (QED) is 0.173. The third-order valence-corrected chi connectivity index (χ3v) is 18.4. The van der Waals surface area contributed by atoms with Crippen molar-refractivity contribution in [2.75, 3.05) is 5.73 Å². The summed E-state index contributed by atoms with van der Waals surface area (Å²) in [5.74, 6) is 0.591. The Morgan fingerprint density at radius 1 is 0.329 bits per heavy atom. The molecule has 3 heterocycles. The van der Waals surface area contributed by atoms with E-state index in [0.717, 1.165) is 66.2 Å². The summed E-state index contributed by atoms with van der Waals surface area (Å²) in [5, 5.41) is 7.06. The Bertz CT molecular complexity index is 4810. The number of para-hydroxylation sites is 3. The maximum Gasteiger partial charge on any atom is 0.133 e. The van der Waals surface area contributed by atoms with Crippen LogP contribution in [0.15, 0.2) is 200 Å². The molecule has 16 rings (SSSR count). The first-order valence-electron chi connectivity index (χ1n) is 26.8. The maximum absolute atomic E-state index is 8.26. The zero-order chi connectivity index (χ0) is 51.3. The average molecular weight is 978 g/mol. The Kier molecular flexibility index (Phi) is 8.34. The van der Waals surface area contributed by atoms with Crippen LogP contribution in [0.1, 0.15) is 80.5 Å². The number of benzene rings is 10. The van der Waals surface area contributed by atoms with Crippen molar-refractivity contribution in [3.8, 4) is 39.1 Å². The van der Waals surface area contributed by atoms with E-state index >= 15 is 0 Å². The predicted molar refractivity (Wildman–Crippen MR) is 319 cm³/mol. The molecular weight excluding hydrogens is 923 g/mol. The first-order valence-corrected chi connectivity index (χ1v) is 26.8. The standard InChI is InChI=1S/C71H55N5/c1-69(2)54-25-13-7-19-41(54)47-34-50-44-22-10-16-28-61(44)74(64(50)37-57(47)69)40-31-32-60(72)53(33-40)67(75-62-29-17-11-23-45(62)51-35-48-42-20-8-14-26-55(42)70(3,4)58(48)38-65(51)75)68(73)76-63-30-18-12-24-46(63)52-36-49-43-21-9-15-27-56(43)71(5,6)59(49)39-66(52)76/h7-39H,72-73H2,1-6H3/b68-67-.